The van der Waals surface area contributed by atoms with E-state index in [0.717, 1.165) is 25.6 Å². The van der Waals surface area contributed by atoms with Crippen molar-refractivity contribution in [3.63, 3.8) is 0 Å². The molecule has 3 rings (SSSR count). The van der Waals surface area contributed by atoms with Crippen LogP contribution in [0.15, 0.2) is 23.7 Å². The van der Waals surface area contributed by atoms with Crippen LogP contribution in [-0.2, 0) is 0 Å². The van der Waals surface area contributed by atoms with Crippen LogP contribution in [0.4, 0.5) is 17.5 Å². The number of hydrogen-bond donors (Lipinski definition) is 2. The highest BCUT2D eigenvalue weighted by atomic mass is 32.1. The lowest BCUT2D eigenvalue weighted by atomic mass is 9.88. The summed E-state index contributed by atoms with van der Waals surface area (Å²) in [6, 6.07) is 4.61. The van der Waals surface area contributed by atoms with Gasteiger partial charge in [-0.05, 0) is 43.8 Å². The van der Waals surface area contributed by atoms with E-state index in [0.29, 0.717) is 24.5 Å². The van der Waals surface area contributed by atoms with Crippen molar-refractivity contribution in [1.29, 1.82) is 0 Å². The predicted molar refractivity (Wildman–Crippen MR) is 94.0 cm³/mol. The fourth-order valence-electron chi connectivity index (χ4n) is 3.22. The minimum atomic E-state index is -0.581. The summed E-state index contributed by atoms with van der Waals surface area (Å²) in [5.41, 5.74) is 5.35. The zero-order valence-corrected chi connectivity index (χ0v) is 14.2. The number of likely N-dealkylation sites (tertiary alicyclic amines) is 1. The van der Waals surface area contributed by atoms with E-state index in [2.05, 4.69) is 44.7 Å². The average molecular weight is 348 g/mol. The molecule has 3 heterocycles. The van der Waals surface area contributed by atoms with Gasteiger partial charge in [-0.15, -0.1) is 11.3 Å². The number of hydrogen-bond acceptors (Lipinski definition) is 8. The SMILES string of the molecule is CN1CCC[C@@H](CNc2ncc([N+](=O)[O-])c(N)n2)[C@@H]1c1cccs1. The number of nitrogens with one attached hydrogen (secondary N) is 1. The molecule has 0 bridgehead atoms. The Bertz CT molecular complexity index is 708. The van der Waals surface area contributed by atoms with E-state index in [-0.39, 0.29) is 11.5 Å². The Morgan fingerprint density at radius 3 is 3.08 bits per heavy atom. The standard InChI is InChI=1S/C15H20N6O2S/c1-20-6-2-4-10(13(20)12-5-3-7-24-12)8-17-15-18-9-11(21(22)23)14(16)19-15/h3,5,7,9-10,13H,2,4,6,8H2,1H3,(H3,16,17,18,19)/t10-,13+/m0/s1. The molecule has 0 aromatic carbocycles. The van der Waals surface area contributed by atoms with Crippen LogP contribution in [0.3, 0.4) is 0 Å². The van der Waals surface area contributed by atoms with Gasteiger partial charge in [0.25, 0.3) is 0 Å². The summed E-state index contributed by atoms with van der Waals surface area (Å²) in [4.78, 5) is 21.9. The molecule has 0 spiro atoms. The largest absolute Gasteiger partial charge is 0.378 e. The summed E-state index contributed by atoms with van der Waals surface area (Å²) in [5.74, 6) is 0.631. The van der Waals surface area contributed by atoms with Crippen LogP contribution < -0.4 is 11.1 Å². The maximum atomic E-state index is 10.8. The molecule has 1 aliphatic rings. The number of nitrogens with zero attached hydrogens (tertiary/aromatic N) is 4. The number of piperidine rings is 1. The van der Waals surface area contributed by atoms with Crippen LogP contribution in [-0.4, -0.2) is 39.9 Å². The summed E-state index contributed by atoms with van der Waals surface area (Å²) >= 11 is 1.77. The van der Waals surface area contributed by atoms with Crippen molar-refractivity contribution in [2.75, 3.05) is 31.2 Å². The Hall–Kier alpha value is -2.26. The van der Waals surface area contributed by atoms with Gasteiger partial charge >= 0.3 is 5.69 Å². The van der Waals surface area contributed by atoms with Gasteiger partial charge in [0.05, 0.1) is 4.92 Å². The van der Waals surface area contributed by atoms with Crippen molar-refractivity contribution in [1.82, 2.24) is 14.9 Å². The van der Waals surface area contributed by atoms with Crippen molar-refractivity contribution in [2.24, 2.45) is 5.92 Å². The monoisotopic (exact) mass is 348 g/mol. The van der Waals surface area contributed by atoms with Crippen LogP contribution in [0, 0.1) is 16.0 Å². The third-order valence-electron chi connectivity index (χ3n) is 4.36. The maximum Gasteiger partial charge on any atom is 0.329 e. The van der Waals surface area contributed by atoms with Gasteiger partial charge in [0.1, 0.15) is 6.20 Å². The molecule has 1 fully saturated rings. The Kier molecular flexibility index (Phi) is 4.91. The van der Waals surface area contributed by atoms with E-state index < -0.39 is 4.92 Å². The van der Waals surface area contributed by atoms with Crippen molar-refractivity contribution < 1.29 is 4.92 Å². The molecular formula is C15H20N6O2S. The second-order valence-electron chi connectivity index (χ2n) is 5.95. The number of nitro groups is 1. The number of anilines is 2. The molecule has 9 heteroatoms. The average Bonchev–Trinajstić information content (AvgIpc) is 3.06. The Morgan fingerprint density at radius 2 is 2.42 bits per heavy atom. The van der Waals surface area contributed by atoms with Gasteiger partial charge in [-0.1, -0.05) is 6.07 Å². The normalized spacial score (nSPS) is 21.5. The highest BCUT2D eigenvalue weighted by molar-refractivity contribution is 7.10. The number of aromatic nitrogens is 2. The number of thiophene rings is 1. The topological polar surface area (TPSA) is 110 Å². The smallest absolute Gasteiger partial charge is 0.329 e. The summed E-state index contributed by atoms with van der Waals surface area (Å²) in [6.07, 6.45) is 3.41. The third kappa shape index (κ3) is 3.46. The van der Waals surface area contributed by atoms with Gasteiger partial charge in [-0.3, -0.25) is 15.0 Å². The maximum absolute atomic E-state index is 10.8. The van der Waals surface area contributed by atoms with E-state index >= 15 is 0 Å². The lowest BCUT2D eigenvalue weighted by Crippen LogP contribution is -2.38. The van der Waals surface area contributed by atoms with Gasteiger partial charge < -0.3 is 11.1 Å². The third-order valence-corrected chi connectivity index (χ3v) is 5.30. The molecule has 1 aliphatic heterocycles. The van der Waals surface area contributed by atoms with Crippen LogP contribution in [0.25, 0.3) is 0 Å². The highest BCUT2D eigenvalue weighted by Gasteiger charge is 2.31. The molecule has 2 atom stereocenters. The molecule has 0 aliphatic carbocycles. The molecule has 8 nitrogen and oxygen atoms in total. The first-order valence-corrected chi connectivity index (χ1v) is 8.68. The van der Waals surface area contributed by atoms with Crippen LogP contribution in [0.1, 0.15) is 23.8 Å². The Balaban J connectivity index is 1.70. The second kappa shape index (κ2) is 7.10. The van der Waals surface area contributed by atoms with E-state index in [1.807, 2.05) is 0 Å². The molecule has 2 aromatic rings. The zero-order chi connectivity index (χ0) is 17.1. The van der Waals surface area contributed by atoms with E-state index in [4.69, 9.17) is 5.73 Å². The van der Waals surface area contributed by atoms with Gasteiger partial charge in [0, 0.05) is 17.5 Å². The lowest BCUT2D eigenvalue weighted by molar-refractivity contribution is -0.384. The first-order valence-electron chi connectivity index (χ1n) is 7.80. The van der Waals surface area contributed by atoms with E-state index in [1.165, 1.54) is 4.88 Å². The summed E-state index contributed by atoms with van der Waals surface area (Å²) in [5, 5.41) is 16.1. The molecular weight excluding hydrogens is 328 g/mol. The summed E-state index contributed by atoms with van der Waals surface area (Å²) < 4.78 is 0. The fourth-order valence-corrected chi connectivity index (χ4v) is 4.20. The van der Waals surface area contributed by atoms with Crippen molar-refractivity contribution in [3.05, 3.63) is 38.7 Å². The van der Waals surface area contributed by atoms with Crippen LogP contribution in [0.5, 0.6) is 0 Å². The van der Waals surface area contributed by atoms with Gasteiger partial charge in [-0.25, -0.2) is 4.98 Å². The molecule has 0 radical (unpaired) electrons. The van der Waals surface area contributed by atoms with E-state index in [9.17, 15) is 10.1 Å². The molecule has 0 unspecified atom stereocenters. The lowest BCUT2D eigenvalue weighted by Gasteiger charge is -2.38. The Labute approximate surface area is 143 Å². The fraction of sp³-hybridized carbons (Fsp3) is 0.467. The minimum Gasteiger partial charge on any atom is -0.378 e. The van der Waals surface area contributed by atoms with Crippen molar-refractivity contribution in [2.45, 2.75) is 18.9 Å². The van der Waals surface area contributed by atoms with Gasteiger partial charge in [-0.2, -0.15) is 4.98 Å². The quantitative estimate of drug-likeness (QED) is 0.631. The summed E-state index contributed by atoms with van der Waals surface area (Å²) in [7, 11) is 2.15. The van der Waals surface area contributed by atoms with Gasteiger partial charge in [0.15, 0.2) is 0 Å². The molecule has 24 heavy (non-hydrogen) atoms. The Morgan fingerprint density at radius 1 is 1.58 bits per heavy atom. The number of rotatable bonds is 5. The first kappa shape index (κ1) is 16.6. The molecule has 3 N–H and O–H groups in total. The molecule has 0 saturated carbocycles. The minimum absolute atomic E-state index is 0.118. The molecule has 128 valence electrons. The predicted octanol–water partition coefficient (Wildman–Crippen LogP) is 2.52. The molecule has 1 saturated heterocycles. The van der Waals surface area contributed by atoms with Crippen LogP contribution >= 0.6 is 11.3 Å². The number of nitrogen functional groups attached to an aromatic ring is 1. The molecule has 0 amide bonds. The zero-order valence-electron chi connectivity index (χ0n) is 13.4. The molecule has 2 aromatic heterocycles. The van der Waals surface area contributed by atoms with Gasteiger partial charge in [0.2, 0.25) is 11.8 Å². The first-order chi connectivity index (χ1) is 11.6. The van der Waals surface area contributed by atoms with Crippen LogP contribution in [0.2, 0.25) is 0 Å². The van der Waals surface area contributed by atoms with Crippen molar-refractivity contribution >= 4 is 28.8 Å². The van der Waals surface area contributed by atoms with Crippen molar-refractivity contribution in [3.8, 4) is 0 Å². The van der Waals surface area contributed by atoms with E-state index in [1.54, 1.807) is 11.3 Å². The summed E-state index contributed by atoms with van der Waals surface area (Å²) in [6.45, 7) is 1.78. The second-order valence-corrected chi connectivity index (χ2v) is 6.92. The number of nitrogens with two attached hydrogens (primary N) is 1. The highest BCUT2D eigenvalue weighted by Crippen LogP contribution is 2.37.